The molecule has 166 valence electrons. The van der Waals surface area contributed by atoms with Crippen LogP contribution in [0.1, 0.15) is 61.3 Å². The third-order valence-corrected chi connectivity index (χ3v) is 5.37. The monoisotopic (exact) mass is 409 g/mol. The van der Waals surface area contributed by atoms with E-state index in [0.29, 0.717) is 13.1 Å². The molecular formula is C21H39N5O3. The van der Waals surface area contributed by atoms with Crippen molar-refractivity contribution in [1.29, 1.82) is 0 Å². The minimum atomic E-state index is -0.622. The van der Waals surface area contributed by atoms with Crippen LogP contribution in [0.2, 0.25) is 0 Å². The zero-order valence-corrected chi connectivity index (χ0v) is 19.3. The molecule has 0 saturated carbocycles. The van der Waals surface area contributed by atoms with Gasteiger partial charge in [0.05, 0.1) is 6.54 Å². The summed E-state index contributed by atoms with van der Waals surface area (Å²) in [5.74, 6) is -0.000245. The molecule has 1 rings (SSSR count). The molecule has 29 heavy (non-hydrogen) atoms. The minimum Gasteiger partial charge on any atom is -0.383 e. The summed E-state index contributed by atoms with van der Waals surface area (Å²) in [6.07, 6.45) is 1.59. The van der Waals surface area contributed by atoms with Crippen LogP contribution in [0, 0.1) is 11.3 Å². The summed E-state index contributed by atoms with van der Waals surface area (Å²) in [6.45, 7) is 15.3. The van der Waals surface area contributed by atoms with Gasteiger partial charge in [0.15, 0.2) is 5.69 Å². The molecule has 1 atom stereocenters. The molecule has 0 fully saturated rings. The highest BCUT2D eigenvalue weighted by molar-refractivity contribution is 5.96. The van der Waals surface area contributed by atoms with E-state index in [-0.39, 0.29) is 41.3 Å². The third-order valence-electron chi connectivity index (χ3n) is 5.37. The summed E-state index contributed by atoms with van der Waals surface area (Å²) in [5.41, 5.74) is 5.14. The van der Waals surface area contributed by atoms with Gasteiger partial charge in [-0.15, -0.1) is 0 Å². The third kappa shape index (κ3) is 6.45. The average Bonchev–Trinajstić information content (AvgIpc) is 2.59. The first-order valence-corrected chi connectivity index (χ1v) is 10.4. The summed E-state index contributed by atoms with van der Waals surface area (Å²) in [5, 5.41) is 0. The van der Waals surface area contributed by atoms with Crippen LogP contribution in [0.4, 0.5) is 11.5 Å². The van der Waals surface area contributed by atoms with Crippen LogP contribution >= 0.6 is 0 Å². The maximum absolute atomic E-state index is 13.2. The molecule has 1 unspecified atom stereocenters. The molecule has 3 N–H and O–H groups in total. The van der Waals surface area contributed by atoms with E-state index in [9.17, 15) is 14.4 Å². The van der Waals surface area contributed by atoms with Crippen molar-refractivity contribution in [2.45, 2.75) is 73.9 Å². The normalized spacial score (nSPS) is 13.2. The number of nitrogens with two attached hydrogens (primary N) is 1. The fraction of sp³-hybridized carbons (Fsp3) is 0.762. The lowest BCUT2D eigenvalue weighted by Crippen LogP contribution is -2.48. The number of likely N-dealkylation sites (N-methyl/N-ethyl adjacent to an activating group) is 1. The Bertz CT molecular complexity index is 804. The van der Waals surface area contributed by atoms with Gasteiger partial charge < -0.3 is 10.6 Å². The Morgan fingerprint density at radius 3 is 2.28 bits per heavy atom. The van der Waals surface area contributed by atoms with E-state index < -0.39 is 11.2 Å². The number of unbranched alkanes of at least 4 members (excludes halogenated alkanes) is 1. The van der Waals surface area contributed by atoms with Gasteiger partial charge in [-0.3, -0.25) is 24.0 Å². The number of carbonyl (C=O) groups excluding carboxylic acids is 1. The maximum atomic E-state index is 13.2. The number of carbonyl (C=O) groups is 1. The lowest BCUT2D eigenvalue weighted by molar-refractivity contribution is -0.120. The highest BCUT2D eigenvalue weighted by Gasteiger charge is 2.29. The number of nitrogens with zero attached hydrogens (tertiary/aromatic N) is 3. The fourth-order valence-electron chi connectivity index (χ4n) is 3.16. The van der Waals surface area contributed by atoms with Gasteiger partial charge in [0.2, 0.25) is 5.91 Å². The van der Waals surface area contributed by atoms with E-state index >= 15 is 0 Å². The number of hydrogen-bond acceptors (Lipinski definition) is 5. The maximum Gasteiger partial charge on any atom is 0.330 e. The average molecular weight is 410 g/mol. The molecule has 0 radical (unpaired) electrons. The number of amides is 1. The van der Waals surface area contributed by atoms with Crippen LogP contribution in [0.25, 0.3) is 0 Å². The number of nitrogen functional groups attached to an aromatic ring is 1. The summed E-state index contributed by atoms with van der Waals surface area (Å²) < 4.78 is 1.34. The molecule has 0 bridgehead atoms. The number of H-pyrrole nitrogens is 1. The lowest BCUT2D eigenvalue weighted by atomic mass is 9.87. The number of hydrogen-bond donors (Lipinski definition) is 2. The molecule has 0 saturated heterocycles. The van der Waals surface area contributed by atoms with E-state index in [0.717, 1.165) is 12.8 Å². The first-order valence-electron chi connectivity index (χ1n) is 10.4. The van der Waals surface area contributed by atoms with E-state index in [2.05, 4.69) is 32.7 Å². The van der Waals surface area contributed by atoms with Crippen molar-refractivity contribution in [2.75, 3.05) is 30.8 Å². The summed E-state index contributed by atoms with van der Waals surface area (Å²) in [7, 11) is 1.90. The molecular weight excluding hydrogens is 370 g/mol. The van der Waals surface area contributed by atoms with Crippen molar-refractivity contribution in [3.8, 4) is 0 Å². The molecule has 0 aromatic carbocycles. The van der Waals surface area contributed by atoms with Gasteiger partial charge in [-0.2, -0.15) is 0 Å². The SMILES string of the molecule is CCCCN(C(=O)CN(C)C(C)C(C)(C)C)c1c(N)n(CC(C)C)c(=O)[nH]c1=O. The predicted molar refractivity (Wildman–Crippen MR) is 119 cm³/mol. The van der Waals surface area contributed by atoms with Gasteiger partial charge in [0.25, 0.3) is 5.56 Å². The summed E-state index contributed by atoms with van der Waals surface area (Å²) in [6, 6.07) is 0.157. The van der Waals surface area contributed by atoms with Crippen molar-refractivity contribution in [3.63, 3.8) is 0 Å². The quantitative estimate of drug-likeness (QED) is 0.651. The second-order valence-electron chi connectivity index (χ2n) is 9.35. The Morgan fingerprint density at radius 2 is 1.79 bits per heavy atom. The molecule has 0 aliphatic heterocycles. The standard InChI is InChI=1S/C21H39N5O3/c1-9-10-11-25(16(27)13-24(8)15(4)21(5,6)7)17-18(22)26(12-14(2)3)20(29)23-19(17)28/h14-15H,9-13,22H2,1-8H3,(H,23,28,29). The van der Waals surface area contributed by atoms with Crippen LogP contribution in [-0.4, -0.2) is 46.5 Å². The van der Waals surface area contributed by atoms with E-state index in [4.69, 9.17) is 5.73 Å². The van der Waals surface area contributed by atoms with Crippen LogP contribution < -0.4 is 21.9 Å². The number of aromatic amines is 1. The number of aromatic nitrogens is 2. The second-order valence-corrected chi connectivity index (χ2v) is 9.35. The van der Waals surface area contributed by atoms with E-state index in [1.807, 2.05) is 32.7 Å². The Balaban J connectivity index is 3.36. The van der Waals surface area contributed by atoms with Crippen LogP contribution in [0.15, 0.2) is 9.59 Å². The molecule has 8 nitrogen and oxygen atoms in total. The van der Waals surface area contributed by atoms with Crippen molar-refractivity contribution >= 4 is 17.4 Å². The van der Waals surface area contributed by atoms with Crippen LogP contribution in [-0.2, 0) is 11.3 Å². The van der Waals surface area contributed by atoms with Gasteiger partial charge in [0.1, 0.15) is 5.82 Å². The lowest BCUT2D eigenvalue weighted by Gasteiger charge is -2.36. The van der Waals surface area contributed by atoms with Gasteiger partial charge in [0, 0.05) is 19.1 Å². The Labute approximate surface area is 174 Å². The zero-order valence-electron chi connectivity index (χ0n) is 19.3. The molecule has 1 heterocycles. The number of nitrogens with one attached hydrogen (secondary N) is 1. The molecule has 0 aliphatic carbocycles. The fourth-order valence-corrected chi connectivity index (χ4v) is 3.16. The summed E-state index contributed by atoms with van der Waals surface area (Å²) in [4.78, 5) is 43.8. The van der Waals surface area contributed by atoms with Gasteiger partial charge in [-0.05, 0) is 31.7 Å². The van der Waals surface area contributed by atoms with Crippen molar-refractivity contribution in [3.05, 3.63) is 20.8 Å². The second kappa shape index (κ2) is 10.1. The highest BCUT2D eigenvalue weighted by Crippen LogP contribution is 2.24. The molecule has 1 aromatic heterocycles. The molecule has 0 aliphatic rings. The van der Waals surface area contributed by atoms with Gasteiger partial charge in [-0.1, -0.05) is 48.0 Å². The van der Waals surface area contributed by atoms with Crippen molar-refractivity contribution < 1.29 is 4.79 Å². The Morgan fingerprint density at radius 1 is 1.21 bits per heavy atom. The Hall–Kier alpha value is -2.09. The molecule has 8 heteroatoms. The van der Waals surface area contributed by atoms with Crippen LogP contribution in [0.5, 0.6) is 0 Å². The smallest absolute Gasteiger partial charge is 0.330 e. The molecule has 1 aromatic rings. The highest BCUT2D eigenvalue weighted by atomic mass is 16.2. The molecule has 1 amide bonds. The first kappa shape index (κ1) is 24.9. The zero-order chi connectivity index (χ0) is 22.5. The van der Waals surface area contributed by atoms with E-state index in [1.54, 1.807) is 0 Å². The molecule has 0 spiro atoms. The number of rotatable bonds is 9. The predicted octanol–water partition coefficient (Wildman–Crippen LogP) is 2.27. The Kier molecular flexibility index (Phi) is 8.68. The number of anilines is 2. The largest absolute Gasteiger partial charge is 0.383 e. The van der Waals surface area contributed by atoms with Gasteiger partial charge in [-0.25, -0.2) is 4.79 Å². The first-order chi connectivity index (χ1) is 13.3. The van der Waals surface area contributed by atoms with E-state index in [1.165, 1.54) is 9.47 Å². The topological polar surface area (TPSA) is 104 Å². The van der Waals surface area contributed by atoms with Crippen molar-refractivity contribution in [1.82, 2.24) is 14.5 Å². The summed E-state index contributed by atoms with van der Waals surface area (Å²) >= 11 is 0. The van der Waals surface area contributed by atoms with Gasteiger partial charge >= 0.3 is 5.69 Å². The minimum absolute atomic E-state index is 0.00424. The van der Waals surface area contributed by atoms with Crippen LogP contribution in [0.3, 0.4) is 0 Å². The van der Waals surface area contributed by atoms with Crippen molar-refractivity contribution in [2.24, 2.45) is 11.3 Å².